The van der Waals surface area contributed by atoms with Crippen LogP contribution in [0.3, 0.4) is 0 Å². The molecule has 3 rings (SSSR count). The molecule has 0 amide bonds. The van der Waals surface area contributed by atoms with E-state index in [9.17, 15) is 0 Å². The lowest BCUT2D eigenvalue weighted by Gasteiger charge is -2.15. The van der Waals surface area contributed by atoms with E-state index in [0.717, 1.165) is 22.0 Å². The first-order chi connectivity index (χ1) is 13.2. The van der Waals surface area contributed by atoms with Crippen LogP contribution in [0.25, 0.3) is 0 Å². The SMILES string of the molecule is COc1cc(/C=N\Nc2nc(C)cs2)cc(OC)c1OCc1ccccc1. The standard InChI is InChI=1S/C20H21N3O3S/c1-14-13-27-20(22-14)23-21-11-16-9-17(24-2)19(18(10-16)25-3)26-12-15-7-5-4-6-8-15/h4-11,13H,12H2,1-3H3,(H,22,23)/b21-11-. The number of nitrogens with zero attached hydrogens (tertiary/aromatic N) is 2. The topological polar surface area (TPSA) is 65.0 Å². The van der Waals surface area contributed by atoms with Crippen LogP contribution in [-0.4, -0.2) is 25.4 Å². The second-order valence-corrected chi connectivity index (χ2v) is 6.55. The molecule has 0 aliphatic heterocycles. The third-order valence-corrected chi connectivity index (χ3v) is 4.57. The Morgan fingerprint density at radius 1 is 1.11 bits per heavy atom. The molecule has 2 aromatic carbocycles. The predicted octanol–water partition coefficient (Wildman–Crippen LogP) is 4.49. The Morgan fingerprint density at radius 3 is 2.41 bits per heavy atom. The molecule has 27 heavy (non-hydrogen) atoms. The van der Waals surface area contributed by atoms with Gasteiger partial charge in [0.25, 0.3) is 0 Å². The number of hydrazone groups is 1. The van der Waals surface area contributed by atoms with E-state index < -0.39 is 0 Å². The van der Waals surface area contributed by atoms with Gasteiger partial charge in [0.05, 0.1) is 26.1 Å². The van der Waals surface area contributed by atoms with Gasteiger partial charge >= 0.3 is 0 Å². The number of nitrogens with one attached hydrogen (secondary N) is 1. The van der Waals surface area contributed by atoms with Crippen LogP contribution >= 0.6 is 11.3 Å². The Labute approximate surface area is 162 Å². The number of thiazole rings is 1. The van der Waals surface area contributed by atoms with Crippen LogP contribution in [0.2, 0.25) is 0 Å². The van der Waals surface area contributed by atoms with Crippen LogP contribution in [0.15, 0.2) is 52.9 Å². The van der Waals surface area contributed by atoms with E-state index >= 15 is 0 Å². The Kier molecular flexibility index (Phi) is 6.27. The van der Waals surface area contributed by atoms with Gasteiger partial charge < -0.3 is 14.2 Å². The zero-order chi connectivity index (χ0) is 19.1. The van der Waals surface area contributed by atoms with Crippen molar-refractivity contribution < 1.29 is 14.2 Å². The molecule has 140 valence electrons. The fourth-order valence-electron chi connectivity index (χ4n) is 2.41. The smallest absolute Gasteiger partial charge is 0.203 e. The van der Waals surface area contributed by atoms with E-state index in [4.69, 9.17) is 14.2 Å². The quantitative estimate of drug-likeness (QED) is 0.458. The summed E-state index contributed by atoms with van der Waals surface area (Å²) in [5.41, 5.74) is 5.75. The number of aryl methyl sites for hydroxylation is 1. The van der Waals surface area contributed by atoms with Crippen LogP contribution in [0, 0.1) is 6.92 Å². The van der Waals surface area contributed by atoms with Crippen molar-refractivity contribution in [3.63, 3.8) is 0 Å². The molecule has 1 aromatic heterocycles. The summed E-state index contributed by atoms with van der Waals surface area (Å²) in [6, 6.07) is 13.6. The minimum absolute atomic E-state index is 0.423. The van der Waals surface area contributed by atoms with Gasteiger partial charge in [0.15, 0.2) is 11.5 Å². The molecular formula is C20H21N3O3S. The summed E-state index contributed by atoms with van der Waals surface area (Å²) in [4.78, 5) is 4.30. The number of ether oxygens (including phenoxy) is 3. The van der Waals surface area contributed by atoms with Crippen LogP contribution in [-0.2, 0) is 6.61 Å². The molecule has 7 heteroatoms. The molecular weight excluding hydrogens is 362 g/mol. The van der Waals surface area contributed by atoms with E-state index in [0.29, 0.717) is 23.9 Å². The van der Waals surface area contributed by atoms with Gasteiger partial charge in [0.2, 0.25) is 10.9 Å². The fourth-order valence-corrected chi connectivity index (χ4v) is 3.05. The first kappa shape index (κ1) is 18.7. The van der Waals surface area contributed by atoms with E-state index in [1.54, 1.807) is 20.4 Å². The number of benzene rings is 2. The van der Waals surface area contributed by atoms with Crippen LogP contribution in [0.5, 0.6) is 17.2 Å². The number of methoxy groups -OCH3 is 2. The second kappa shape index (κ2) is 9.05. The fraction of sp³-hybridized carbons (Fsp3) is 0.200. The predicted molar refractivity (Wildman–Crippen MR) is 108 cm³/mol. The summed E-state index contributed by atoms with van der Waals surface area (Å²) < 4.78 is 16.9. The Bertz CT molecular complexity index is 885. The third kappa shape index (κ3) is 4.98. The third-order valence-electron chi connectivity index (χ3n) is 3.70. The van der Waals surface area contributed by atoms with Crippen molar-refractivity contribution in [2.24, 2.45) is 5.10 Å². The van der Waals surface area contributed by atoms with Crippen molar-refractivity contribution in [3.05, 3.63) is 64.7 Å². The lowest BCUT2D eigenvalue weighted by Crippen LogP contribution is -2.01. The highest BCUT2D eigenvalue weighted by molar-refractivity contribution is 7.13. The zero-order valence-electron chi connectivity index (χ0n) is 15.4. The van der Waals surface area contributed by atoms with Crippen molar-refractivity contribution in [1.82, 2.24) is 4.98 Å². The van der Waals surface area contributed by atoms with E-state index in [1.807, 2.05) is 54.8 Å². The molecule has 3 aromatic rings. The van der Waals surface area contributed by atoms with Crippen molar-refractivity contribution in [2.75, 3.05) is 19.6 Å². The number of aromatic nitrogens is 1. The van der Waals surface area contributed by atoms with Crippen LogP contribution in [0.1, 0.15) is 16.8 Å². The molecule has 6 nitrogen and oxygen atoms in total. The number of hydrogen-bond donors (Lipinski definition) is 1. The lowest BCUT2D eigenvalue weighted by atomic mass is 10.2. The minimum atomic E-state index is 0.423. The highest BCUT2D eigenvalue weighted by Crippen LogP contribution is 2.38. The zero-order valence-corrected chi connectivity index (χ0v) is 16.2. The summed E-state index contributed by atoms with van der Waals surface area (Å²) >= 11 is 1.50. The van der Waals surface area contributed by atoms with Gasteiger partial charge in [-0.3, -0.25) is 5.43 Å². The Morgan fingerprint density at radius 2 is 1.81 bits per heavy atom. The Hall–Kier alpha value is -3.06. The summed E-state index contributed by atoms with van der Waals surface area (Å²) in [5.74, 6) is 1.72. The number of rotatable bonds is 8. The van der Waals surface area contributed by atoms with Gasteiger partial charge in [-0.25, -0.2) is 4.98 Å². The molecule has 0 aliphatic rings. The molecule has 0 unspecified atom stereocenters. The van der Waals surface area contributed by atoms with Crippen molar-refractivity contribution in [2.45, 2.75) is 13.5 Å². The average molecular weight is 383 g/mol. The van der Waals surface area contributed by atoms with Crippen LogP contribution < -0.4 is 19.6 Å². The monoisotopic (exact) mass is 383 g/mol. The van der Waals surface area contributed by atoms with Gasteiger partial charge in [-0.2, -0.15) is 5.10 Å². The second-order valence-electron chi connectivity index (χ2n) is 5.69. The van der Waals surface area contributed by atoms with E-state index in [-0.39, 0.29) is 0 Å². The van der Waals surface area contributed by atoms with Gasteiger partial charge in [0, 0.05) is 10.9 Å². The Balaban J connectivity index is 1.76. The molecule has 0 fully saturated rings. The molecule has 0 spiro atoms. The molecule has 0 aliphatic carbocycles. The van der Waals surface area contributed by atoms with Crippen molar-refractivity contribution in [1.29, 1.82) is 0 Å². The summed E-state index contributed by atoms with van der Waals surface area (Å²) in [6.45, 7) is 2.36. The normalized spacial score (nSPS) is 10.8. The number of hydrogen-bond acceptors (Lipinski definition) is 7. The lowest BCUT2D eigenvalue weighted by molar-refractivity contribution is 0.266. The van der Waals surface area contributed by atoms with Gasteiger partial charge in [0.1, 0.15) is 6.61 Å². The molecule has 0 saturated heterocycles. The highest BCUT2D eigenvalue weighted by atomic mass is 32.1. The molecule has 0 bridgehead atoms. The van der Waals surface area contributed by atoms with Crippen molar-refractivity contribution >= 4 is 22.7 Å². The minimum Gasteiger partial charge on any atom is -0.493 e. The van der Waals surface area contributed by atoms with Crippen LogP contribution in [0.4, 0.5) is 5.13 Å². The molecule has 1 heterocycles. The molecule has 0 radical (unpaired) electrons. The first-order valence-corrected chi connectivity index (χ1v) is 9.21. The van der Waals surface area contributed by atoms with Crippen molar-refractivity contribution in [3.8, 4) is 17.2 Å². The summed E-state index contributed by atoms with van der Waals surface area (Å²) in [7, 11) is 3.20. The highest BCUT2D eigenvalue weighted by Gasteiger charge is 2.14. The maximum atomic E-state index is 5.95. The van der Waals surface area contributed by atoms with Gasteiger partial charge in [-0.1, -0.05) is 30.3 Å². The maximum absolute atomic E-state index is 5.95. The number of anilines is 1. The average Bonchev–Trinajstić information content (AvgIpc) is 3.12. The molecule has 1 N–H and O–H groups in total. The van der Waals surface area contributed by atoms with E-state index in [1.165, 1.54) is 11.3 Å². The van der Waals surface area contributed by atoms with Gasteiger partial charge in [-0.05, 0) is 24.6 Å². The largest absolute Gasteiger partial charge is 0.493 e. The molecule has 0 atom stereocenters. The first-order valence-electron chi connectivity index (χ1n) is 8.33. The van der Waals surface area contributed by atoms with Gasteiger partial charge in [-0.15, -0.1) is 11.3 Å². The summed E-state index contributed by atoms with van der Waals surface area (Å²) in [5, 5.41) is 6.92. The summed E-state index contributed by atoms with van der Waals surface area (Å²) in [6.07, 6.45) is 1.68. The van der Waals surface area contributed by atoms with E-state index in [2.05, 4.69) is 15.5 Å². The maximum Gasteiger partial charge on any atom is 0.203 e. The molecule has 0 saturated carbocycles.